The summed E-state index contributed by atoms with van der Waals surface area (Å²) in [4.78, 5) is 0. The monoisotopic (exact) mass is 223 g/mol. The number of nitrogens with two attached hydrogens (primary N) is 1. The molecule has 2 nitrogen and oxygen atoms in total. The molecular formula is C13H18FNO. The maximum absolute atomic E-state index is 13.5. The van der Waals surface area contributed by atoms with Crippen LogP contribution in [-0.2, 0) is 5.41 Å². The first-order chi connectivity index (χ1) is 7.51. The number of methoxy groups -OCH3 is 1. The van der Waals surface area contributed by atoms with E-state index in [0.717, 1.165) is 29.7 Å². The van der Waals surface area contributed by atoms with Crippen LogP contribution in [0, 0.1) is 12.7 Å². The Morgan fingerprint density at radius 2 is 2.06 bits per heavy atom. The van der Waals surface area contributed by atoms with Crippen molar-refractivity contribution in [2.75, 3.05) is 7.11 Å². The molecule has 0 radical (unpaired) electrons. The van der Waals surface area contributed by atoms with E-state index in [-0.39, 0.29) is 17.3 Å². The van der Waals surface area contributed by atoms with Gasteiger partial charge in [-0.25, -0.2) is 4.39 Å². The molecule has 2 rings (SSSR count). The molecule has 0 bridgehead atoms. The average Bonchev–Trinajstić information content (AvgIpc) is 2.97. The molecule has 0 aliphatic heterocycles. The first kappa shape index (κ1) is 11.4. The van der Waals surface area contributed by atoms with Crippen LogP contribution in [0.25, 0.3) is 0 Å². The standard InChI is InChI=1S/C13H18FNO/c1-8-6-10(14)7-11(12(8)16-3)13(4-5-13)9(2)15/h6-7,9H,4-5,15H2,1-3H3. The Balaban J connectivity index is 2.55. The van der Waals surface area contributed by atoms with E-state index in [4.69, 9.17) is 10.5 Å². The van der Waals surface area contributed by atoms with E-state index in [0.29, 0.717) is 0 Å². The van der Waals surface area contributed by atoms with Gasteiger partial charge in [-0.2, -0.15) is 0 Å². The number of benzene rings is 1. The van der Waals surface area contributed by atoms with E-state index in [9.17, 15) is 4.39 Å². The van der Waals surface area contributed by atoms with Gasteiger partial charge in [0.2, 0.25) is 0 Å². The maximum Gasteiger partial charge on any atom is 0.125 e. The smallest absolute Gasteiger partial charge is 0.125 e. The second-order valence-corrected chi connectivity index (χ2v) is 4.75. The van der Waals surface area contributed by atoms with Gasteiger partial charge in [-0.15, -0.1) is 0 Å². The molecule has 1 aromatic carbocycles. The van der Waals surface area contributed by atoms with Crippen molar-refractivity contribution in [2.24, 2.45) is 5.73 Å². The predicted molar refractivity (Wildman–Crippen MR) is 62.3 cm³/mol. The Labute approximate surface area is 95.6 Å². The van der Waals surface area contributed by atoms with Crippen molar-refractivity contribution in [1.29, 1.82) is 0 Å². The summed E-state index contributed by atoms with van der Waals surface area (Å²) in [6.07, 6.45) is 2.04. The fraction of sp³-hybridized carbons (Fsp3) is 0.538. The van der Waals surface area contributed by atoms with Gasteiger partial charge in [-0.05, 0) is 44.4 Å². The number of hydrogen-bond donors (Lipinski definition) is 1. The molecule has 0 aromatic heterocycles. The molecule has 3 heteroatoms. The summed E-state index contributed by atoms with van der Waals surface area (Å²) in [5, 5.41) is 0. The van der Waals surface area contributed by atoms with E-state index in [1.54, 1.807) is 13.2 Å². The molecule has 1 saturated carbocycles. The molecular weight excluding hydrogens is 205 g/mol. The molecule has 1 unspecified atom stereocenters. The number of ether oxygens (including phenoxy) is 1. The van der Waals surface area contributed by atoms with Crippen molar-refractivity contribution in [2.45, 2.75) is 38.1 Å². The van der Waals surface area contributed by atoms with Crippen molar-refractivity contribution >= 4 is 0 Å². The molecule has 1 fully saturated rings. The molecule has 88 valence electrons. The molecule has 16 heavy (non-hydrogen) atoms. The third-order valence-electron chi connectivity index (χ3n) is 3.64. The van der Waals surface area contributed by atoms with Gasteiger partial charge in [0.25, 0.3) is 0 Å². The van der Waals surface area contributed by atoms with E-state index in [1.807, 2.05) is 13.8 Å². The van der Waals surface area contributed by atoms with Crippen LogP contribution in [0.2, 0.25) is 0 Å². The number of hydrogen-bond acceptors (Lipinski definition) is 2. The molecule has 0 amide bonds. The number of rotatable bonds is 3. The first-order valence-corrected chi connectivity index (χ1v) is 5.61. The summed E-state index contributed by atoms with van der Waals surface area (Å²) in [5.41, 5.74) is 7.71. The molecule has 0 saturated heterocycles. The van der Waals surface area contributed by atoms with E-state index >= 15 is 0 Å². The van der Waals surface area contributed by atoms with Crippen molar-refractivity contribution in [1.82, 2.24) is 0 Å². The van der Waals surface area contributed by atoms with Gasteiger partial charge >= 0.3 is 0 Å². The summed E-state index contributed by atoms with van der Waals surface area (Å²) in [6, 6.07) is 3.10. The molecule has 1 aliphatic carbocycles. The predicted octanol–water partition coefficient (Wildman–Crippen LogP) is 2.52. The largest absolute Gasteiger partial charge is 0.496 e. The number of halogens is 1. The van der Waals surface area contributed by atoms with Crippen LogP contribution in [0.5, 0.6) is 5.75 Å². The zero-order chi connectivity index (χ0) is 11.9. The third-order valence-corrected chi connectivity index (χ3v) is 3.64. The van der Waals surface area contributed by atoms with Crippen molar-refractivity contribution in [3.8, 4) is 5.75 Å². The molecule has 1 aliphatic rings. The average molecular weight is 223 g/mol. The minimum absolute atomic E-state index is 0.0302. The lowest BCUT2D eigenvalue weighted by Gasteiger charge is -2.23. The molecule has 0 heterocycles. The second-order valence-electron chi connectivity index (χ2n) is 4.75. The molecule has 1 atom stereocenters. The third kappa shape index (κ3) is 1.59. The number of aryl methyl sites for hydroxylation is 1. The fourth-order valence-electron chi connectivity index (χ4n) is 2.48. The van der Waals surface area contributed by atoms with Gasteiger partial charge in [-0.1, -0.05) is 0 Å². The highest BCUT2D eigenvalue weighted by Crippen LogP contribution is 2.53. The molecule has 1 aromatic rings. The Morgan fingerprint density at radius 1 is 1.44 bits per heavy atom. The van der Waals surface area contributed by atoms with Crippen LogP contribution < -0.4 is 10.5 Å². The van der Waals surface area contributed by atoms with Crippen LogP contribution in [0.4, 0.5) is 4.39 Å². The molecule has 0 spiro atoms. The van der Waals surface area contributed by atoms with Gasteiger partial charge < -0.3 is 10.5 Å². The van der Waals surface area contributed by atoms with Crippen molar-refractivity contribution < 1.29 is 9.13 Å². The maximum atomic E-state index is 13.5. The Morgan fingerprint density at radius 3 is 2.50 bits per heavy atom. The normalized spacial score (nSPS) is 19.3. The van der Waals surface area contributed by atoms with E-state index in [2.05, 4.69) is 0 Å². The Hall–Kier alpha value is -1.09. The van der Waals surface area contributed by atoms with E-state index in [1.165, 1.54) is 6.07 Å². The fourth-order valence-corrected chi connectivity index (χ4v) is 2.48. The van der Waals surface area contributed by atoms with Crippen molar-refractivity contribution in [3.05, 3.63) is 29.1 Å². The summed E-state index contributed by atoms with van der Waals surface area (Å²) < 4.78 is 18.9. The minimum Gasteiger partial charge on any atom is -0.496 e. The highest BCUT2D eigenvalue weighted by Gasteiger charge is 2.49. The van der Waals surface area contributed by atoms with Gasteiger partial charge in [0.15, 0.2) is 0 Å². The second kappa shape index (κ2) is 3.74. The van der Waals surface area contributed by atoms with Gasteiger partial charge in [0, 0.05) is 17.0 Å². The minimum atomic E-state index is -0.208. The summed E-state index contributed by atoms with van der Waals surface area (Å²) >= 11 is 0. The highest BCUT2D eigenvalue weighted by molar-refractivity contribution is 5.49. The molecule has 2 N–H and O–H groups in total. The zero-order valence-corrected chi connectivity index (χ0v) is 10.0. The summed E-state index contributed by atoms with van der Waals surface area (Å²) in [6.45, 7) is 3.84. The topological polar surface area (TPSA) is 35.2 Å². The summed E-state index contributed by atoms with van der Waals surface area (Å²) in [7, 11) is 1.63. The zero-order valence-electron chi connectivity index (χ0n) is 10.0. The van der Waals surface area contributed by atoms with E-state index < -0.39 is 0 Å². The van der Waals surface area contributed by atoms with Crippen LogP contribution in [0.1, 0.15) is 30.9 Å². The van der Waals surface area contributed by atoms with Gasteiger partial charge in [0.1, 0.15) is 11.6 Å². The first-order valence-electron chi connectivity index (χ1n) is 5.61. The lowest BCUT2D eigenvalue weighted by atomic mass is 9.87. The van der Waals surface area contributed by atoms with Crippen LogP contribution in [0.15, 0.2) is 12.1 Å². The Kier molecular flexibility index (Phi) is 2.66. The van der Waals surface area contributed by atoms with Crippen LogP contribution in [0.3, 0.4) is 0 Å². The van der Waals surface area contributed by atoms with Gasteiger partial charge in [-0.3, -0.25) is 0 Å². The summed E-state index contributed by atoms with van der Waals surface area (Å²) in [5.74, 6) is 0.580. The highest BCUT2D eigenvalue weighted by atomic mass is 19.1. The van der Waals surface area contributed by atoms with Crippen LogP contribution in [-0.4, -0.2) is 13.2 Å². The Bertz CT molecular complexity index is 411. The lowest BCUT2D eigenvalue weighted by molar-refractivity contribution is 0.393. The SMILES string of the molecule is COc1c(C)cc(F)cc1C1(C(C)N)CC1. The van der Waals surface area contributed by atoms with Crippen molar-refractivity contribution in [3.63, 3.8) is 0 Å². The lowest BCUT2D eigenvalue weighted by Crippen LogP contribution is -2.32. The quantitative estimate of drug-likeness (QED) is 0.854. The van der Waals surface area contributed by atoms with Gasteiger partial charge in [0.05, 0.1) is 7.11 Å². The van der Waals surface area contributed by atoms with Crippen LogP contribution >= 0.6 is 0 Å².